The van der Waals surface area contributed by atoms with E-state index >= 15 is 0 Å². The highest BCUT2D eigenvalue weighted by molar-refractivity contribution is 6.09. The zero-order chi connectivity index (χ0) is 15.0. The quantitative estimate of drug-likeness (QED) is 0.863. The summed E-state index contributed by atoms with van der Waals surface area (Å²) in [6.07, 6.45) is 0.734. The normalized spacial score (nSPS) is 13.1. The summed E-state index contributed by atoms with van der Waals surface area (Å²) in [7, 11) is 1.42. The maximum absolute atomic E-state index is 14.0. The van der Waals surface area contributed by atoms with Gasteiger partial charge < -0.3 is 15.4 Å². The van der Waals surface area contributed by atoms with E-state index in [9.17, 15) is 9.18 Å². The summed E-state index contributed by atoms with van der Waals surface area (Å²) in [6.45, 7) is 0.509. The van der Waals surface area contributed by atoms with Crippen LogP contribution in [0, 0.1) is 5.82 Å². The Morgan fingerprint density at radius 2 is 2.14 bits per heavy atom. The number of nitrogens with two attached hydrogens (primary N) is 1. The zero-order valence-corrected chi connectivity index (χ0v) is 11.6. The number of nitrogen functional groups attached to an aromatic ring is 1. The van der Waals surface area contributed by atoms with Crippen LogP contribution >= 0.6 is 0 Å². The molecular formula is C16H15FN2O2. The third-order valence-corrected chi connectivity index (χ3v) is 3.66. The van der Waals surface area contributed by atoms with E-state index in [2.05, 4.69) is 0 Å². The molecule has 2 aromatic carbocycles. The zero-order valence-electron chi connectivity index (χ0n) is 11.6. The van der Waals surface area contributed by atoms with Crippen molar-refractivity contribution in [1.82, 2.24) is 0 Å². The maximum atomic E-state index is 14.0. The number of amides is 1. The number of rotatable bonds is 2. The van der Waals surface area contributed by atoms with Gasteiger partial charge in [0.05, 0.1) is 7.11 Å². The average molecular weight is 286 g/mol. The Labute approximate surface area is 121 Å². The molecule has 4 nitrogen and oxygen atoms in total. The molecule has 1 heterocycles. The summed E-state index contributed by atoms with van der Waals surface area (Å²) >= 11 is 0. The Hall–Kier alpha value is -2.56. The molecular weight excluding hydrogens is 271 g/mol. The van der Waals surface area contributed by atoms with Crippen LogP contribution in [0.25, 0.3) is 0 Å². The number of hydrogen-bond donors (Lipinski definition) is 1. The molecule has 3 rings (SSSR count). The van der Waals surface area contributed by atoms with E-state index in [1.54, 1.807) is 23.1 Å². The number of fused-ring (bicyclic) bond motifs is 1. The summed E-state index contributed by atoms with van der Waals surface area (Å²) < 4.78 is 19.2. The van der Waals surface area contributed by atoms with Crippen molar-refractivity contribution in [2.75, 3.05) is 24.3 Å². The molecule has 0 fully saturated rings. The molecule has 21 heavy (non-hydrogen) atoms. The van der Waals surface area contributed by atoms with E-state index in [1.807, 2.05) is 6.07 Å². The number of carbonyl (C=O) groups is 1. The summed E-state index contributed by atoms with van der Waals surface area (Å²) in [5.41, 5.74) is 8.09. The van der Waals surface area contributed by atoms with Crippen molar-refractivity contribution in [3.63, 3.8) is 0 Å². The Morgan fingerprint density at radius 1 is 1.33 bits per heavy atom. The number of hydrogen-bond acceptors (Lipinski definition) is 3. The molecule has 5 heteroatoms. The number of halogens is 1. The van der Waals surface area contributed by atoms with Gasteiger partial charge in [-0.25, -0.2) is 4.39 Å². The van der Waals surface area contributed by atoms with E-state index < -0.39 is 11.7 Å². The predicted molar refractivity (Wildman–Crippen MR) is 79.2 cm³/mol. The smallest absolute Gasteiger partial charge is 0.265 e. The summed E-state index contributed by atoms with van der Waals surface area (Å²) in [5, 5.41) is 0. The second kappa shape index (κ2) is 5.09. The Balaban J connectivity index is 2.04. The highest BCUT2D eigenvalue weighted by atomic mass is 19.1. The molecule has 0 atom stereocenters. The Morgan fingerprint density at radius 3 is 2.90 bits per heavy atom. The summed E-state index contributed by atoms with van der Waals surface area (Å²) in [5.74, 6) is -0.761. The van der Waals surface area contributed by atoms with E-state index in [-0.39, 0.29) is 11.3 Å². The molecule has 0 saturated carbocycles. The highest BCUT2D eigenvalue weighted by Crippen LogP contribution is 2.33. The first-order valence-electron chi connectivity index (χ1n) is 6.64. The molecule has 1 aliphatic rings. The van der Waals surface area contributed by atoms with Crippen LogP contribution < -0.4 is 15.4 Å². The lowest BCUT2D eigenvalue weighted by atomic mass is 10.1. The van der Waals surface area contributed by atoms with Crippen LogP contribution in [-0.4, -0.2) is 19.6 Å². The van der Waals surface area contributed by atoms with Crippen LogP contribution in [0.3, 0.4) is 0 Å². The van der Waals surface area contributed by atoms with Gasteiger partial charge in [-0.3, -0.25) is 4.79 Å². The maximum Gasteiger partial charge on any atom is 0.265 e. The minimum absolute atomic E-state index is 0.0460. The average Bonchev–Trinajstić information content (AvgIpc) is 2.89. The number of nitrogens with zero attached hydrogens (tertiary/aromatic N) is 1. The molecule has 0 aliphatic carbocycles. The van der Waals surface area contributed by atoms with Gasteiger partial charge in [-0.15, -0.1) is 0 Å². The number of ether oxygens (including phenoxy) is 1. The fraction of sp³-hybridized carbons (Fsp3) is 0.188. The van der Waals surface area contributed by atoms with Gasteiger partial charge in [-0.1, -0.05) is 12.1 Å². The molecule has 0 spiro atoms. The SMILES string of the molecule is COc1cccc(F)c1C(=O)N1CCc2ccc(N)cc21. The first-order valence-corrected chi connectivity index (χ1v) is 6.64. The van der Waals surface area contributed by atoms with Crippen LogP contribution in [0.5, 0.6) is 5.75 Å². The molecule has 1 amide bonds. The van der Waals surface area contributed by atoms with Gasteiger partial charge in [0.25, 0.3) is 5.91 Å². The topological polar surface area (TPSA) is 55.6 Å². The molecule has 108 valence electrons. The Bertz CT molecular complexity index is 715. The minimum Gasteiger partial charge on any atom is -0.496 e. The second-order valence-electron chi connectivity index (χ2n) is 4.91. The van der Waals surface area contributed by atoms with Crippen molar-refractivity contribution >= 4 is 17.3 Å². The summed E-state index contributed by atoms with van der Waals surface area (Å²) in [6, 6.07) is 9.79. The first kappa shape index (κ1) is 13.4. The monoisotopic (exact) mass is 286 g/mol. The highest BCUT2D eigenvalue weighted by Gasteiger charge is 2.29. The van der Waals surface area contributed by atoms with Gasteiger partial charge in [0.2, 0.25) is 0 Å². The summed E-state index contributed by atoms with van der Waals surface area (Å²) in [4.78, 5) is 14.2. The number of benzene rings is 2. The predicted octanol–water partition coefficient (Wildman–Crippen LogP) is 2.62. The van der Waals surface area contributed by atoms with Gasteiger partial charge >= 0.3 is 0 Å². The largest absolute Gasteiger partial charge is 0.496 e. The lowest BCUT2D eigenvalue weighted by molar-refractivity contribution is 0.0982. The molecule has 0 aromatic heterocycles. The lowest BCUT2D eigenvalue weighted by Gasteiger charge is -2.19. The molecule has 2 N–H and O–H groups in total. The van der Waals surface area contributed by atoms with Crippen LogP contribution in [0.2, 0.25) is 0 Å². The van der Waals surface area contributed by atoms with Crippen molar-refractivity contribution in [2.24, 2.45) is 0 Å². The van der Waals surface area contributed by atoms with Crippen molar-refractivity contribution in [3.8, 4) is 5.75 Å². The number of methoxy groups -OCH3 is 1. The molecule has 0 unspecified atom stereocenters. The standard InChI is InChI=1S/C16H15FN2O2/c1-21-14-4-2-3-12(17)15(14)16(20)19-8-7-10-5-6-11(18)9-13(10)19/h2-6,9H,7-8,18H2,1H3. The van der Waals surface area contributed by atoms with Crippen LogP contribution in [0.15, 0.2) is 36.4 Å². The number of carbonyl (C=O) groups excluding carboxylic acids is 1. The van der Waals surface area contributed by atoms with Crippen molar-refractivity contribution < 1.29 is 13.9 Å². The first-order chi connectivity index (χ1) is 10.1. The van der Waals surface area contributed by atoms with E-state index in [0.717, 1.165) is 17.7 Å². The van der Waals surface area contributed by atoms with Crippen molar-refractivity contribution in [2.45, 2.75) is 6.42 Å². The fourth-order valence-electron chi connectivity index (χ4n) is 2.62. The fourth-order valence-corrected chi connectivity index (χ4v) is 2.62. The molecule has 0 bridgehead atoms. The van der Waals surface area contributed by atoms with Gasteiger partial charge in [0, 0.05) is 17.9 Å². The Kier molecular flexibility index (Phi) is 3.25. The third-order valence-electron chi connectivity index (χ3n) is 3.66. The van der Waals surface area contributed by atoms with Gasteiger partial charge in [-0.2, -0.15) is 0 Å². The van der Waals surface area contributed by atoms with Crippen molar-refractivity contribution in [1.29, 1.82) is 0 Å². The van der Waals surface area contributed by atoms with Crippen LogP contribution in [0.4, 0.5) is 15.8 Å². The van der Waals surface area contributed by atoms with Crippen LogP contribution in [0.1, 0.15) is 15.9 Å². The van der Waals surface area contributed by atoms with E-state index in [0.29, 0.717) is 12.2 Å². The number of anilines is 2. The molecule has 2 aromatic rings. The van der Waals surface area contributed by atoms with Gasteiger partial charge in [-0.05, 0) is 36.2 Å². The minimum atomic E-state index is -0.586. The molecule has 1 aliphatic heterocycles. The third kappa shape index (κ3) is 2.20. The molecule has 0 radical (unpaired) electrons. The molecule has 0 saturated heterocycles. The lowest BCUT2D eigenvalue weighted by Crippen LogP contribution is -2.30. The van der Waals surface area contributed by atoms with Gasteiger partial charge in [0.15, 0.2) is 0 Å². The van der Waals surface area contributed by atoms with Crippen LogP contribution in [-0.2, 0) is 6.42 Å². The second-order valence-corrected chi connectivity index (χ2v) is 4.91. The van der Waals surface area contributed by atoms with E-state index in [1.165, 1.54) is 19.2 Å². The van der Waals surface area contributed by atoms with Crippen molar-refractivity contribution in [3.05, 3.63) is 53.3 Å². The van der Waals surface area contributed by atoms with E-state index in [4.69, 9.17) is 10.5 Å². The van der Waals surface area contributed by atoms with Gasteiger partial charge in [0.1, 0.15) is 17.1 Å².